The molecule has 4 heterocycles. The van der Waals surface area contributed by atoms with Crippen LogP contribution in [0.15, 0.2) is 11.3 Å². The third-order valence-electron chi connectivity index (χ3n) is 14.3. The van der Waals surface area contributed by atoms with Crippen LogP contribution in [0.3, 0.4) is 0 Å². The molecule has 2 saturated carbocycles. The van der Waals surface area contributed by atoms with Gasteiger partial charge in [-0.05, 0) is 93.2 Å². The Morgan fingerprint density at radius 1 is 1.00 bits per heavy atom. The van der Waals surface area contributed by atoms with E-state index in [-0.39, 0.29) is 60.6 Å². The number of carbonyl (C=O) groups excluding carboxylic acids is 3. The normalized spacial score (nSPS) is 38.6. The van der Waals surface area contributed by atoms with Crippen molar-refractivity contribution in [2.75, 3.05) is 40.0 Å². The quantitative estimate of drug-likeness (QED) is 0.301. The second-order valence-corrected chi connectivity index (χ2v) is 22.2. The van der Waals surface area contributed by atoms with Crippen molar-refractivity contribution in [3.63, 3.8) is 0 Å². The fourth-order valence-electron chi connectivity index (χ4n) is 11.8. The minimum Gasteiger partial charge on any atom is -0.448 e. The van der Waals surface area contributed by atoms with Gasteiger partial charge in [0.1, 0.15) is 6.61 Å². The van der Waals surface area contributed by atoms with Gasteiger partial charge in [0, 0.05) is 37.9 Å². The largest absolute Gasteiger partial charge is 0.448 e. The molecule has 2 unspecified atom stereocenters. The molecular weight excluding hydrogens is 639 g/mol. The van der Waals surface area contributed by atoms with Crippen molar-refractivity contribution in [2.24, 2.45) is 11.8 Å². The highest BCUT2D eigenvalue weighted by Crippen LogP contribution is 2.61. The summed E-state index contributed by atoms with van der Waals surface area (Å²) in [5.74, 6) is 0.479. The highest BCUT2D eigenvalue weighted by atomic mass is 28.3. The number of hydrogen-bond donors (Lipinski definition) is 1. The van der Waals surface area contributed by atoms with Gasteiger partial charge < -0.3 is 34.0 Å². The summed E-state index contributed by atoms with van der Waals surface area (Å²) in [6.45, 7) is 9.79. The van der Waals surface area contributed by atoms with Gasteiger partial charge in [-0.15, -0.1) is 0 Å². The van der Waals surface area contributed by atoms with E-state index in [0.717, 1.165) is 89.9 Å². The smallest absolute Gasteiger partial charge is 0.410 e. The zero-order chi connectivity index (χ0) is 34.5. The molecule has 7 rings (SSSR count). The minimum atomic E-state index is -2.09. The Labute approximate surface area is 294 Å². The Balaban J connectivity index is 1.18. The van der Waals surface area contributed by atoms with Crippen LogP contribution in [0.5, 0.6) is 0 Å². The first kappa shape index (κ1) is 35.4. The third-order valence-corrected chi connectivity index (χ3v) is 19.6. The van der Waals surface area contributed by atoms with Crippen molar-refractivity contribution in [3.8, 4) is 0 Å². The van der Waals surface area contributed by atoms with E-state index in [1.807, 2.05) is 16.9 Å². The Hall–Kier alpha value is -1.95. The van der Waals surface area contributed by atoms with Crippen LogP contribution < -0.4 is 0 Å². The van der Waals surface area contributed by atoms with E-state index in [1.54, 1.807) is 0 Å². The molecule has 3 saturated heterocycles. The van der Waals surface area contributed by atoms with Crippen molar-refractivity contribution in [1.29, 1.82) is 0 Å². The van der Waals surface area contributed by atoms with Crippen LogP contribution in [0.2, 0.25) is 24.2 Å². The molecule has 274 valence electrons. The summed E-state index contributed by atoms with van der Waals surface area (Å²) in [5.41, 5.74) is 2.14. The number of cyclic esters (lactones) is 1. The van der Waals surface area contributed by atoms with Crippen LogP contribution >= 0.6 is 0 Å². The Kier molecular flexibility index (Phi) is 10.3. The summed E-state index contributed by atoms with van der Waals surface area (Å²) < 4.78 is 18.4. The van der Waals surface area contributed by atoms with E-state index in [1.165, 1.54) is 11.3 Å². The summed E-state index contributed by atoms with van der Waals surface area (Å²) in [7, 11) is -0.264. The number of likely N-dealkylation sites (tertiary alicyclic amines) is 1. The summed E-state index contributed by atoms with van der Waals surface area (Å²) in [4.78, 5) is 47.6. The van der Waals surface area contributed by atoms with Crippen LogP contribution in [-0.2, 0) is 23.8 Å². The standard InChI is InChI=1S/C38H61N3O7Si/c1-25-35(49(3,4)30-16-14-29(46-2)15-17-30)33(22-34(43)39-18-8-11-28(39)24-42)48-38(25)31-12-5-6-13-32(31)41(36(38)44)23-26-9-7-10-27(21-26)40-19-20-47-37(40)45/h25-30,33,35,42H,5-24H2,1-4H3/t25-,26?,27?,28+,29?,30?,33+,35-,38+/m1/s1. The van der Waals surface area contributed by atoms with Gasteiger partial charge in [0.25, 0.3) is 5.91 Å². The number of rotatable bonds is 9. The van der Waals surface area contributed by atoms with Crippen molar-refractivity contribution in [2.45, 2.75) is 157 Å². The molecule has 7 atom stereocenters. The molecule has 7 aliphatic rings. The molecule has 0 aromatic carbocycles. The Morgan fingerprint density at radius 3 is 2.49 bits per heavy atom. The SMILES string of the molecule is COC1CCC([Si](C)(C)[C@H]2[C@H](CC(=O)N3CCC[C@H]3CO)O[C@@]3(C(=O)N(CC4CCCC(N5CCOC5=O)C4)C4=C3CCCC4)[C@@H]2C)CC1. The number of amides is 3. The zero-order valence-electron chi connectivity index (χ0n) is 30.5. The first-order valence-electron chi connectivity index (χ1n) is 19.7. The number of hydrogen-bond acceptors (Lipinski definition) is 7. The van der Waals surface area contributed by atoms with Gasteiger partial charge in [0.15, 0.2) is 5.60 Å². The number of methoxy groups -OCH3 is 1. The molecule has 10 nitrogen and oxygen atoms in total. The first-order valence-corrected chi connectivity index (χ1v) is 22.8. The topological polar surface area (TPSA) is 109 Å². The number of aliphatic hydroxyl groups is 1. The molecule has 5 fully saturated rings. The predicted molar refractivity (Wildman–Crippen MR) is 188 cm³/mol. The van der Waals surface area contributed by atoms with E-state index >= 15 is 4.79 Å². The van der Waals surface area contributed by atoms with Crippen molar-refractivity contribution >= 4 is 26.0 Å². The molecule has 49 heavy (non-hydrogen) atoms. The molecule has 1 spiro atoms. The lowest BCUT2D eigenvalue weighted by Gasteiger charge is -2.45. The highest BCUT2D eigenvalue weighted by Gasteiger charge is 2.67. The molecule has 3 amide bonds. The molecule has 4 aliphatic heterocycles. The number of nitrogens with zero attached hydrogens (tertiary/aromatic N) is 3. The fraction of sp³-hybridized carbons (Fsp3) is 0.868. The summed E-state index contributed by atoms with van der Waals surface area (Å²) in [5, 5.41) is 10.1. The van der Waals surface area contributed by atoms with Crippen LogP contribution in [0, 0.1) is 11.8 Å². The minimum absolute atomic E-state index is 0.00528. The zero-order valence-corrected chi connectivity index (χ0v) is 31.5. The number of carbonyl (C=O) groups is 3. The molecule has 0 bridgehead atoms. The lowest BCUT2D eigenvalue weighted by Crippen LogP contribution is -2.51. The fourth-order valence-corrected chi connectivity index (χ4v) is 16.8. The Bertz CT molecular complexity index is 1300. The van der Waals surface area contributed by atoms with Crippen LogP contribution in [0.25, 0.3) is 0 Å². The van der Waals surface area contributed by atoms with Gasteiger partial charge >= 0.3 is 6.09 Å². The second-order valence-electron chi connectivity index (χ2n) is 17.0. The van der Waals surface area contributed by atoms with Crippen molar-refractivity contribution in [3.05, 3.63) is 11.3 Å². The maximum atomic E-state index is 15.2. The van der Waals surface area contributed by atoms with Gasteiger partial charge in [-0.1, -0.05) is 39.3 Å². The summed E-state index contributed by atoms with van der Waals surface area (Å²) >= 11 is 0. The number of fused-ring (bicyclic) bond motifs is 1. The summed E-state index contributed by atoms with van der Waals surface area (Å²) in [6, 6.07) is 0.0567. The van der Waals surface area contributed by atoms with Crippen LogP contribution in [0.4, 0.5) is 4.79 Å². The predicted octanol–water partition coefficient (Wildman–Crippen LogP) is 5.85. The average molecular weight is 700 g/mol. The molecule has 11 heteroatoms. The number of allylic oxidation sites excluding steroid dienone is 1. The highest BCUT2D eigenvalue weighted by molar-refractivity contribution is 6.80. The molecule has 0 aromatic rings. The monoisotopic (exact) mass is 699 g/mol. The molecule has 0 radical (unpaired) electrons. The van der Waals surface area contributed by atoms with Gasteiger partial charge in [-0.25, -0.2) is 4.79 Å². The second kappa shape index (κ2) is 14.2. The van der Waals surface area contributed by atoms with Gasteiger partial charge in [0.05, 0.1) is 45.9 Å². The maximum Gasteiger partial charge on any atom is 0.410 e. The lowest BCUT2D eigenvalue weighted by molar-refractivity contribution is -0.152. The molecule has 0 aromatic heterocycles. The van der Waals surface area contributed by atoms with E-state index in [4.69, 9.17) is 14.2 Å². The lowest BCUT2D eigenvalue weighted by atomic mass is 9.78. The van der Waals surface area contributed by atoms with E-state index in [0.29, 0.717) is 43.8 Å². The average Bonchev–Trinajstić information content (AvgIpc) is 3.88. The first-order chi connectivity index (χ1) is 23.6. The van der Waals surface area contributed by atoms with E-state index in [2.05, 4.69) is 24.9 Å². The molecule has 3 aliphatic carbocycles. The van der Waals surface area contributed by atoms with Crippen molar-refractivity contribution < 1.29 is 33.7 Å². The molecule has 1 N–H and O–H groups in total. The number of aliphatic hydroxyl groups excluding tert-OH is 1. The van der Waals surface area contributed by atoms with Crippen molar-refractivity contribution in [1.82, 2.24) is 14.7 Å². The van der Waals surface area contributed by atoms with Gasteiger partial charge in [-0.3, -0.25) is 9.59 Å². The van der Waals surface area contributed by atoms with E-state index in [9.17, 15) is 14.7 Å². The molecular formula is C38H61N3O7Si. The maximum absolute atomic E-state index is 15.2. The summed E-state index contributed by atoms with van der Waals surface area (Å²) in [6.07, 6.45) is 14.2. The van der Waals surface area contributed by atoms with Crippen LogP contribution in [0.1, 0.15) is 103 Å². The van der Waals surface area contributed by atoms with Gasteiger partial charge in [0.2, 0.25) is 5.91 Å². The third kappa shape index (κ3) is 6.20. The number of ether oxygens (including phenoxy) is 3. The van der Waals surface area contributed by atoms with E-state index < -0.39 is 13.7 Å². The Morgan fingerprint density at radius 2 is 1.78 bits per heavy atom. The van der Waals surface area contributed by atoms with Crippen LogP contribution in [-0.4, -0.2) is 116 Å². The van der Waals surface area contributed by atoms with Gasteiger partial charge in [-0.2, -0.15) is 0 Å².